The lowest BCUT2D eigenvalue weighted by molar-refractivity contribution is -0.139. The Balaban J connectivity index is 1.61. The van der Waals surface area contributed by atoms with Crippen LogP contribution in [0.15, 0.2) is 0 Å². The number of amides is 1. The molecule has 3 aliphatic rings. The summed E-state index contributed by atoms with van der Waals surface area (Å²) in [5.74, 6) is 3.10. The third-order valence-electron chi connectivity index (χ3n) is 6.00. The molecule has 0 aromatic heterocycles. The molecule has 2 bridgehead atoms. The van der Waals surface area contributed by atoms with Crippen LogP contribution in [0.2, 0.25) is 0 Å². The summed E-state index contributed by atoms with van der Waals surface area (Å²) in [5.41, 5.74) is 0. The summed E-state index contributed by atoms with van der Waals surface area (Å²) in [6, 6.07) is 0.606. The van der Waals surface area contributed by atoms with Gasteiger partial charge in [0.15, 0.2) is 0 Å². The molecular formula is C16H28N2O. The van der Waals surface area contributed by atoms with Gasteiger partial charge in [0.05, 0.1) is 0 Å². The molecule has 0 spiro atoms. The maximum Gasteiger partial charge on any atom is 0.225 e. The predicted octanol–water partition coefficient (Wildman–Crippen LogP) is 2.27. The highest BCUT2D eigenvalue weighted by atomic mass is 16.2. The highest BCUT2D eigenvalue weighted by molar-refractivity contribution is 5.79. The standard InChI is InChI=1S/C16H28N2O/c1-3-12-10-18(7-6-15(12)17-2)16(19)14-9-11-4-5-13(14)8-11/h11-15,17H,3-10H2,1-2H3. The second-order valence-electron chi connectivity index (χ2n) is 6.92. The lowest BCUT2D eigenvalue weighted by Crippen LogP contribution is -2.51. The highest BCUT2D eigenvalue weighted by Crippen LogP contribution is 2.49. The normalized spacial score (nSPS) is 41.8. The van der Waals surface area contributed by atoms with Crippen molar-refractivity contribution in [3.05, 3.63) is 0 Å². The fourth-order valence-corrected chi connectivity index (χ4v) is 4.81. The van der Waals surface area contributed by atoms with Gasteiger partial charge in [0.2, 0.25) is 5.91 Å². The van der Waals surface area contributed by atoms with E-state index in [0.717, 1.165) is 31.3 Å². The zero-order chi connectivity index (χ0) is 13.4. The van der Waals surface area contributed by atoms with Crippen molar-refractivity contribution in [1.29, 1.82) is 0 Å². The van der Waals surface area contributed by atoms with Gasteiger partial charge in [-0.25, -0.2) is 0 Å². The van der Waals surface area contributed by atoms with Gasteiger partial charge >= 0.3 is 0 Å². The first-order chi connectivity index (χ1) is 9.22. The maximum atomic E-state index is 12.8. The van der Waals surface area contributed by atoms with Crippen LogP contribution in [-0.2, 0) is 4.79 Å². The van der Waals surface area contributed by atoms with Crippen LogP contribution in [0, 0.1) is 23.7 Å². The molecule has 1 saturated heterocycles. The zero-order valence-corrected chi connectivity index (χ0v) is 12.4. The predicted molar refractivity (Wildman–Crippen MR) is 76.8 cm³/mol. The summed E-state index contributed by atoms with van der Waals surface area (Å²) >= 11 is 0. The van der Waals surface area contributed by atoms with E-state index in [4.69, 9.17) is 0 Å². The number of hydrogen-bond donors (Lipinski definition) is 1. The fraction of sp³-hybridized carbons (Fsp3) is 0.938. The second kappa shape index (κ2) is 5.43. The van der Waals surface area contributed by atoms with E-state index in [2.05, 4.69) is 24.2 Å². The molecule has 5 unspecified atom stereocenters. The first-order valence-electron chi connectivity index (χ1n) is 8.19. The van der Waals surface area contributed by atoms with Gasteiger partial charge in [0.1, 0.15) is 0 Å². The summed E-state index contributed by atoms with van der Waals surface area (Å²) in [5, 5.41) is 3.42. The minimum absolute atomic E-state index is 0.377. The Morgan fingerprint density at radius 1 is 1.26 bits per heavy atom. The van der Waals surface area contributed by atoms with Crippen LogP contribution in [0.25, 0.3) is 0 Å². The molecule has 1 N–H and O–H groups in total. The number of nitrogens with one attached hydrogen (secondary N) is 1. The maximum absolute atomic E-state index is 12.8. The number of likely N-dealkylation sites (tertiary alicyclic amines) is 1. The van der Waals surface area contributed by atoms with Crippen LogP contribution in [0.1, 0.15) is 45.4 Å². The van der Waals surface area contributed by atoms with E-state index in [1.807, 2.05) is 0 Å². The van der Waals surface area contributed by atoms with Crippen LogP contribution in [0.4, 0.5) is 0 Å². The minimum Gasteiger partial charge on any atom is -0.342 e. The Morgan fingerprint density at radius 3 is 2.68 bits per heavy atom. The van der Waals surface area contributed by atoms with E-state index in [1.165, 1.54) is 32.1 Å². The number of fused-ring (bicyclic) bond motifs is 2. The SMILES string of the molecule is CCC1CN(C(=O)C2CC3CCC2C3)CCC1NC. The Hall–Kier alpha value is -0.570. The number of rotatable bonds is 3. The Morgan fingerprint density at radius 2 is 2.11 bits per heavy atom. The van der Waals surface area contributed by atoms with Gasteiger partial charge in [-0.15, -0.1) is 0 Å². The van der Waals surface area contributed by atoms with Crippen molar-refractivity contribution >= 4 is 5.91 Å². The summed E-state index contributed by atoms with van der Waals surface area (Å²) in [7, 11) is 2.06. The minimum atomic E-state index is 0.377. The third kappa shape index (κ3) is 2.42. The smallest absolute Gasteiger partial charge is 0.225 e. The largest absolute Gasteiger partial charge is 0.342 e. The second-order valence-corrected chi connectivity index (χ2v) is 6.92. The monoisotopic (exact) mass is 264 g/mol. The van der Waals surface area contributed by atoms with E-state index in [9.17, 15) is 4.79 Å². The van der Waals surface area contributed by atoms with Crippen molar-refractivity contribution in [2.45, 2.75) is 51.5 Å². The molecule has 19 heavy (non-hydrogen) atoms. The quantitative estimate of drug-likeness (QED) is 0.848. The molecule has 108 valence electrons. The lowest BCUT2D eigenvalue weighted by atomic mass is 9.85. The van der Waals surface area contributed by atoms with E-state index >= 15 is 0 Å². The number of hydrogen-bond acceptors (Lipinski definition) is 2. The molecule has 1 heterocycles. The van der Waals surface area contributed by atoms with E-state index in [1.54, 1.807) is 0 Å². The van der Waals surface area contributed by atoms with Crippen LogP contribution >= 0.6 is 0 Å². The number of nitrogens with zero attached hydrogens (tertiary/aromatic N) is 1. The van der Waals surface area contributed by atoms with E-state index in [0.29, 0.717) is 23.8 Å². The van der Waals surface area contributed by atoms with Crippen LogP contribution < -0.4 is 5.32 Å². The van der Waals surface area contributed by atoms with Gasteiger partial charge in [0, 0.05) is 25.0 Å². The third-order valence-corrected chi connectivity index (χ3v) is 6.00. The molecule has 0 aromatic carbocycles. The summed E-state index contributed by atoms with van der Waals surface area (Å²) in [4.78, 5) is 14.9. The van der Waals surface area contributed by atoms with Gasteiger partial charge in [-0.1, -0.05) is 19.8 Å². The lowest BCUT2D eigenvalue weighted by Gasteiger charge is -2.40. The highest BCUT2D eigenvalue weighted by Gasteiger charge is 2.45. The van der Waals surface area contributed by atoms with Crippen LogP contribution in [0.3, 0.4) is 0 Å². The molecule has 2 aliphatic carbocycles. The number of carbonyl (C=O) groups is 1. The molecule has 0 radical (unpaired) electrons. The molecule has 1 aliphatic heterocycles. The Labute approximate surface area is 117 Å². The van der Waals surface area contributed by atoms with Crippen molar-refractivity contribution in [1.82, 2.24) is 10.2 Å². The number of piperidine rings is 1. The summed E-state index contributed by atoms with van der Waals surface area (Å²) in [6.07, 6.45) is 7.51. The fourth-order valence-electron chi connectivity index (χ4n) is 4.81. The van der Waals surface area contributed by atoms with Gasteiger partial charge in [-0.2, -0.15) is 0 Å². The first kappa shape index (κ1) is 13.4. The molecule has 0 aromatic rings. The van der Waals surface area contributed by atoms with Crippen molar-refractivity contribution in [2.24, 2.45) is 23.7 Å². The molecule has 3 rings (SSSR count). The molecule has 5 atom stereocenters. The molecule has 3 heteroatoms. The topological polar surface area (TPSA) is 32.3 Å². The van der Waals surface area contributed by atoms with Crippen molar-refractivity contribution < 1.29 is 4.79 Å². The molecule has 2 saturated carbocycles. The van der Waals surface area contributed by atoms with Crippen molar-refractivity contribution in [3.63, 3.8) is 0 Å². The van der Waals surface area contributed by atoms with Gasteiger partial charge in [-0.3, -0.25) is 4.79 Å². The summed E-state index contributed by atoms with van der Waals surface area (Å²) < 4.78 is 0. The van der Waals surface area contributed by atoms with Gasteiger partial charge in [-0.05, 0) is 50.5 Å². The average Bonchev–Trinajstić information content (AvgIpc) is 3.08. The Bertz CT molecular complexity index is 344. The van der Waals surface area contributed by atoms with Crippen LogP contribution in [0.5, 0.6) is 0 Å². The van der Waals surface area contributed by atoms with E-state index < -0.39 is 0 Å². The van der Waals surface area contributed by atoms with Crippen molar-refractivity contribution in [3.8, 4) is 0 Å². The summed E-state index contributed by atoms with van der Waals surface area (Å²) in [6.45, 7) is 4.20. The van der Waals surface area contributed by atoms with Gasteiger partial charge < -0.3 is 10.2 Å². The molecular weight excluding hydrogens is 236 g/mol. The first-order valence-corrected chi connectivity index (χ1v) is 8.19. The van der Waals surface area contributed by atoms with Crippen molar-refractivity contribution in [2.75, 3.05) is 20.1 Å². The average molecular weight is 264 g/mol. The molecule has 3 fully saturated rings. The van der Waals surface area contributed by atoms with E-state index in [-0.39, 0.29) is 0 Å². The number of carbonyl (C=O) groups excluding carboxylic acids is 1. The van der Waals surface area contributed by atoms with Gasteiger partial charge in [0.25, 0.3) is 0 Å². The zero-order valence-electron chi connectivity index (χ0n) is 12.4. The Kier molecular flexibility index (Phi) is 3.84. The molecule has 3 nitrogen and oxygen atoms in total. The molecule has 1 amide bonds. The van der Waals surface area contributed by atoms with Crippen LogP contribution in [-0.4, -0.2) is 37.0 Å².